The van der Waals surface area contributed by atoms with Gasteiger partial charge in [0.1, 0.15) is 23.9 Å². The minimum Gasteiger partial charge on any atom is -0.462 e. The number of primary amides is 1. The van der Waals surface area contributed by atoms with E-state index in [9.17, 15) is 24.3 Å². The molecule has 0 radical (unpaired) electrons. The topological polar surface area (TPSA) is 125 Å². The Morgan fingerprint density at radius 3 is 2.50 bits per heavy atom. The average Bonchev–Trinajstić information content (AvgIpc) is 3.11. The molecule has 1 saturated heterocycles. The molecule has 0 bridgehead atoms. The Hall–Kier alpha value is -3.13. The number of rotatable bonds is 8. The third-order valence-electron chi connectivity index (χ3n) is 6.56. The molecule has 0 spiro atoms. The van der Waals surface area contributed by atoms with Crippen molar-refractivity contribution in [2.45, 2.75) is 63.1 Å². The molecule has 38 heavy (non-hydrogen) atoms. The molecule has 1 fully saturated rings. The van der Waals surface area contributed by atoms with Crippen LogP contribution in [0, 0.1) is 34.2 Å². The third-order valence-corrected chi connectivity index (χ3v) is 6.79. The van der Waals surface area contributed by atoms with Crippen LogP contribution < -0.4 is 11.1 Å². The van der Waals surface area contributed by atoms with Crippen molar-refractivity contribution >= 4 is 23.5 Å². The molecule has 4 N–H and O–H groups in total. The Morgan fingerprint density at radius 2 is 1.92 bits per heavy atom. The number of ether oxygens (including phenoxy) is 1. The Bertz CT molecular complexity index is 1260. The van der Waals surface area contributed by atoms with E-state index < -0.39 is 77.3 Å². The maximum atomic E-state index is 15.5. The van der Waals surface area contributed by atoms with Gasteiger partial charge in [0.25, 0.3) is 0 Å². The van der Waals surface area contributed by atoms with Crippen molar-refractivity contribution in [3.05, 3.63) is 70.0 Å². The van der Waals surface area contributed by atoms with Gasteiger partial charge in [-0.3, -0.25) is 14.9 Å². The number of nitrogens with zero attached hydrogens (tertiary/aromatic N) is 1. The Kier molecular flexibility index (Phi) is 8.76. The molecule has 1 aliphatic heterocycles. The van der Waals surface area contributed by atoms with E-state index in [2.05, 4.69) is 11.4 Å². The summed E-state index contributed by atoms with van der Waals surface area (Å²) < 4.78 is 50.4. The van der Waals surface area contributed by atoms with E-state index in [0.717, 1.165) is 12.1 Å². The smallest absolute Gasteiger partial charge is 0.323 e. The molecule has 2 aromatic rings. The SMILES string of the molecule is CC(C)(C)C[C@@H]1N[C@@H](C(=O)OC[C@@H](O)CC(N)=O)[C@H](c2cccc(F)c2F)[C@@]1(C#N)c1ccc(Cl)cc1F. The number of hydrogen-bond donors (Lipinski definition) is 3. The van der Waals surface area contributed by atoms with E-state index >= 15 is 8.78 Å². The number of halogens is 4. The lowest BCUT2D eigenvalue weighted by Crippen LogP contribution is -2.44. The van der Waals surface area contributed by atoms with Gasteiger partial charge in [-0.25, -0.2) is 13.2 Å². The number of aliphatic hydroxyl groups is 1. The number of amides is 1. The molecule has 0 saturated carbocycles. The number of esters is 1. The van der Waals surface area contributed by atoms with Crippen molar-refractivity contribution in [2.24, 2.45) is 11.1 Å². The van der Waals surface area contributed by atoms with Gasteiger partial charge in [0, 0.05) is 22.5 Å². The van der Waals surface area contributed by atoms with E-state index in [-0.39, 0.29) is 22.6 Å². The van der Waals surface area contributed by atoms with Crippen molar-refractivity contribution in [2.75, 3.05) is 6.61 Å². The van der Waals surface area contributed by atoms with Crippen LogP contribution in [0.5, 0.6) is 0 Å². The predicted molar refractivity (Wildman–Crippen MR) is 133 cm³/mol. The van der Waals surface area contributed by atoms with Crippen LogP contribution in [-0.4, -0.2) is 41.8 Å². The highest BCUT2D eigenvalue weighted by Crippen LogP contribution is 2.52. The highest BCUT2D eigenvalue weighted by Gasteiger charge is 2.61. The molecular weight excluding hydrogens is 523 g/mol. The molecule has 204 valence electrons. The van der Waals surface area contributed by atoms with Crippen molar-refractivity contribution in [1.82, 2.24) is 5.32 Å². The van der Waals surface area contributed by atoms with Crippen LogP contribution in [0.4, 0.5) is 13.2 Å². The number of nitriles is 1. The number of benzene rings is 2. The molecular formula is C27H29ClF3N3O4. The van der Waals surface area contributed by atoms with E-state index in [1.807, 2.05) is 20.8 Å². The Morgan fingerprint density at radius 1 is 1.24 bits per heavy atom. The fourth-order valence-electron chi connectivity index (χ4n) is 5.09. The lowest BCUT2D eigenvalue weighted by molar-refractivity contribution is -0.150. The van der Waals surface area contributed by atoms with Crippen LogP contribution in [0.1, 0.15) is 50.7 Å². The molecule has 5 atom stereocenters. The average molecular weight is 552 g/mol. The summed E-state index contributed by atoms with van der Waals surface area (Å²) in [5, 5.41) is 23.7. The summed E-state index contributed by atoms with van der Waals surface area (Å²) in [7, 11) is 0. The molecule has 1 heterocycles. The van der Waals surface area contributed by atoms with E-state index in [0.29, 0.717) is 0 Å². The molecule has 11 heteroatoms. The minimum atomic E-state index is -1.91. The Balaban J connectivity index is 2.23. The molecule has 0 aliphatic carbocycles. The molecule has 1 amide bonds. The van der Waals surface area contributed by atoms with Gasteiger partial charge in [0.05, 0.1) is 18.6 Å². The van der Waals surface area contributed by atoms with Crippen LogP contribution >= 0.6 is 11.6 Å². The van der Waals surface area contributed by atoms with Crippen molar-refractivity contribution in [3.8, 4) is 6.07 Å². The fraction of sp³-hybridized carbons (Fsp3) is 0.444. The van der Waals surface area contributed by atoms with Gasteiger partial charge >= 0.3 is 5.97 Å². The second-order valence-corrected chi connectivity index (χ2v) is 11.1. The van der Waals surface area contributed by atoms with Crippen molar-refractivity contribution in [1.29, 1.82) is 5.26 Å². The predicted octanol–water partition coefficient (Wildman–Crippen LogP) is 3.86. The first kappa shape index (κ1) is 29.4. The van der Waals surface area contributed by atoms with Gasteiger partial charge in [-0.2, -0.15) is 5.26 Å². The van der Waals surface area contributed by atoms with Gasteiger partial charge in [0.2, 0.25) is 5.91 Å². The number of aliphatic hydroxyl groups excluding tert-OH is 1. The molecule has 0 aromatic heterocycles. The highest BCUT2D eigenvalue weighted by molar-refractivity contribution is 6.30. The van der Waals surface area contributed by atoms with Gasteiger partial charge in [-0.1, -0.05) is 50.6 Å². The first-order chi connectivity index (χ1) is 17.7. The zero-order valence-electron chi connectivity index (χ0n) is 21.1. The van der Waals surface area contributed by atoms with Crippen molar-refractivity contribution in [3.63, 3.8) is 0 Å². The fourth-order valence-corrected chi connectivity index (χ4v) is 5.25. The quantitative estimate of drug-likeness (QED) is 0.428. The monoisotopic (exact) mass is 551 g/mol. The van der Waals surface area contributed by atoms with Crippen LogP contribution in [0.15, 0.2) is 36.4 Å². The Labute approximate surface area is 223 Å². The van der Waals surface area contributed by atoms with E-state index in [4.69, 9.17) is 22.1 Å². The normalized spacial score (nSPS) is 24.0. The molecule has 7 nitrogen and oxygen atoms in total. The molecule has 3 rings (SSSR count). The third kappa shape index (κ3) is 5.96. The molecule has 0 unspecified atom stereocenters. The summed E-state index contributed by atoms with van der Waals surface area (Å²) in [5.74, 6) is -6.64. The maximum absolute atomic E-state index is 15.5. The summed E-state index contributed by atoms with van der Waals surface area (Å²) in [6.45, 7) is 5.01. The van der Waals surface area contributed by atoms with E-state index in [1.54, 1.807) is 0 Å². The first-order valence-corrected chi connectivity index (χ1v) is 12.3. The summed E-state index contributed by atoms with van der Waals surface area (Å²) in [5.41, 5.74) is 2.22. The van der Waals surface area contributed by atoms with Crippen LogP contribution in [0.2, 0.25) is 5.02 Å². The standard InChI is InChI=1S/C27H29ClF3N3O4/c1-26(2,3)11-20-27(13-32,17-8-7-14(28)9-19(17)30)22(16-5-4-6-18(29)23(16)31)24(34-20)25(37)38-12-15(35)10-21(33)36/h4-9,15,20,22,24,34-35H,10-12H2,1-3H3,(H2,33,36)/t15-,20-,22-,24+,27-/m0/s1. The summed E-state index contributed by atoms with van der Waals surface area (Å²) in [6.07, 6.45) is -1.65. The highest BCUT2D eigenvalue weighted by atomic mass is 35.5. The minimum absolute atomic E-state index is 0.0607. The first-order valence-electron chi connectivity index (χ1n) is 11.9. The van der Waals surface area contributed by atoms with Crippen molar-refractivity contribution < 1.29 is 32.6 Å². The lowest BCUT2D eigenvalue weighted by atomic mass is 9.62. The number of carbonyl (C=O) groups is 2. The van der Waals surface area contributed by atoms with Crippen LogP contribution in [0.3, 0.4) is 0 Å². The number of hydrogen-bond acceptors (Lipinski definition) is 6. The second kappa shape index (κ2) is 11.3. The van der Waals surface area contributed by atoms with Gasteiger partial charge in [-0.05, 0) is 35.6 Å². The zero-order valence-corrected chi connectivity index (χ0v) is 21.9. The van der Waals surface area contributed by atoms with Gasteiger partial charge < -0.3 is 15.6 Å². The zero-order chi connectivity index (χ0) is 28.4. The summed E-state index contributed by atoms with van der Waals surface area (Å²) >= 11 is 5.96. The van der Waals surface area contributed by atoms with Gasteiger partial charge in [0.15, 0.2) is 11.6 Å². The number of nitrogens with one attached hydrogen (secondary N) is 1. The largest absolute Gasteiger partial charge is 0.462 e. The van der Waals surface area contributed by atoms with Crippen LogP contribution in [-0.2, 0) is 19.7 Å². The molecule has 2 aromatic carbocycles. The summed E-state index contributed by atoms with van der Waals surface area (Å²) in [4.78, 5) is 24.4. The lowest BCUT2D eigenvalue weighted by Gasteiger charge is -2.37. The maximum Gasteiger partial charge on any atom is 0.323 e. The van der Waals surface area contributed by atoms with E-state index in [1.165, 1.54) is 24.3 Å². The molecule has 1 aliphatic rings. The second-order valence-electron chi connectivity index (χ2n) is 10.6. The van der Waals surface area contributed by atoms with Crippen LogP contribution in [0.25, 0.3) is 0 Å². The number of nitrogens with two attached hydrogens (primary N) is 1. The van der Waals surface area contributed by atoms with Gasteiger partial charge in [-0.15, -0.1) is 0 Å². The summed E-state index contributed by atoms with van der Waals surface area (Å²) in [6, 6.07) is 6.79. The number of carbonyl (C=O) groups excluding carboxylic acids is 2.